The van der Waals surface area contributed by atoms with Gasteiger partial charge in [-0.05, 0) is 18.6 Å². The highest BCUT2D eigenvalue weighted by molar-refractivity contribution is 6.30. The van der Waals surface area contributed by atoms with E-state index < -0.39 is 5.79 Å². The molecule has 1 aromatic carbocycles. The second-order valence-electron chi connectivity index (χ2n) is 4.64. The molecule has 1 aliphatic rings. The first-order chi connectivity index (χ1) is 9.78. The summed E-state index contributed by atoms with van der Waals surface area (Å²) in [5, 5.41) is 14.6. The molecule has 106 valence electrons. The Morgan fingerprint density at radius 1 is 1.20 bits per heavy atom. The Labute approximate surface area is 121 Å². The van der Waals surface area contributed by atoms with Gasteiger partial charge >= 0.3 is 0 Å². The van der Waals surface area contributed by atoms with E-state index in [1.165, 1.54) is 0 Å². The van der Waals surface area contributed by atoms with Gasteiger partial charge in [0.2, 0.25) is 0 Å². The molecule has 1 aliphatic heterocycles. The van der Waals surface area contributed by atoms with Crippen molar-refractivity contribution in [3.63, 3.8) is 0 Å². The van der Waals surface area contributed by atoms with Gasteiger partial charge in [-0.3, -0.25) is 0 Å². The van der Waals surface area contributed by atoms with Crippen molar-refractivity contribution in [2.45, 2.75) is 25.0 Å². The summed E-state index contributed by atoms with van der Waals surface area (Å²) in [5.74, 6) is 0.0307. The zero-order valence-electron chi connectivity index (χ0n) is 10.9. The van der Waals surface area contributed by atoms with E-state index in [2.05, 4.69) is 20.6 Å². The molecular formula is C13H15ClN4O2. The van der Waals surface area contributed by atoms with Crippen molar-refractivity contribution in [2.24, 2.45) is 0 Å². The van der Waals surface area contributed by atoms with E-state index in [9.17, 15) is 0 Å². The van der Waals surface area contributed by atoms with Crippen LogP contribution in [-0.2, 0) is 21.7 Å². The number of aryl methyl sites for hydroxylation is 1. The highest BCUT2D eigenvalue weighted by Crippen LogP contribution is 2.36. The molecular weight excluding hydrogens is 280 g/mol. The number of hydrogen-bond acceptors (Lipinski definition) is 5. The number of tetrazole rings is 1. The number of nitrogens with one attached hydrogen (secondary N) is 1. The van der Waals surface area contributed by atoms with Crippen LogP contribution in [0.3, 0.4) is 0 Å². The molecule has 1 aromatic heterocycles. The summed E-state index contributed by atoms with van der Waals surface area (Å²) in [7, 11) is 0. The van der Waals surface area contributed by atoms with E-state index in [-0.39, 0.29) is 0 Å². The van der Waals surface area contributed by atoms with Crippen molar-refractivity contribution >= 4 is 11.6 Å². The van der Waals surface area contributed by atoms with Gasteiger partial charge < -0.3 is 9.47 Å². The first kappa shape index (κ1) is 13.5. The first-order valence-corrected chi connectivity index (χ1v) is 6.93. The zero-order chi connectivity index (χ0) is 13.8. The van der Waals surface area contributed by atoms with Crippen LogP contribution in [0.25, 0.3) is 0 Å². The third kappa shape index (κ3) is 2.82. The van der Waals surface area contributed by atoms with Crippen molar-refractivity contribution in [2.75, 3.05) is 13.2 Å². The summed E-state index contributed by atoms with van der Waals surface area (Å²) in [4.78, 5) is 0. The molecule has 1 saturated heterocycles. The summed E-state index contributed by atoms with van der Waals surface area (Å²) >= 11 is 5.93. The number of nitrogens with zero attached hydrogens (tertiary/aromatic N) is 3. The lowest BCUT2D eigenvalue weighted by Crippen LogP contribution is -2.27. The third-order valence-corrected chi connectivity index (χ3v) is 3.59. The molecule has 0 aliphatic carbocycles. The van der Waals surface area contributed by atoms with Gasteiger partial charge in [0, 0.05) is 23.4 Å². The van der Waals surface area contributed by atoms with Crippen molar-refractivity contribution in [1.29, 1.82) is 0 Å². The van der Waals surface area contributed by atoms with Gasteiger partial charge in [-0.1, -0.05) is 28.9 Å². The number of H-pyrrole nitrogens is 1. The molecule has 1 fully saturated rings. The van der Waals surface area contributed by atoms with Gasteiger partial charge in [0.1, 0.15) is 0 Å². The molecule has 20 heavy (non-hydrogen) atoms. The average Bonchev–Trinajstić information content (AvgIpc) is 3.12. The second kappa shape index (κ2) is 5.87. The van der Waals surface area contributed by atoms with Crippen molar-refractivity contribution in [3.05, 3.63) is 40.7 Å². The van der Waals surface area contributed by atoms with Crippen LogP contribution in [0, 0.1) is 0 Å². The standard InChI is InChI=1S/C13H15ClN4O2/c14-11-5-3-10(4-6-11)13(19-8-9-20-13)7-1-2-12-15-17-18-16-12/h3-6H,1-2,7-9H2,(H,15,16,17,18). The third-order valence-electron chi connectivity index (χ3n) is 3.33. The number of aromatic amines is 1. The monoisotopic (exact) mass is 294 g/mol. The Balaban J connectivity index is 1.69. The Bertz CT molecular complexity index is 538. The van der Waals surface area contributed by atoms with E-state index in [0.717, 1.165) is 24.8 Å². The summed E-state index contributed by atoms with van der Waals surface area (Å²) in [5.41, 5.74) is 0.993. The first-order valence-electron chi connectivity index (χ1n) is 6.55. The molecule has 2 heterocycles. The molecule has 0 saturated carbocycles. The maximum absolute atomic E-state index is 5.93. The lowest BCUT2D eigenvalue weighted by Gasteiger charge is -2.27. The average molecular weight is 295 g/mol. The van der Waals surface area contributed by atoms with E-state index in [1.54, 1.807) is 0 Å². The van der Waals surface area contributed by atoms with Gasteiger partial charge in [0.15, 0.2) is 11.6 Å². The second-order valence-corrected chi connectivity index (χ2v) is 5.07. The molecule has 0 unspecified atom stereocenters. The van der Waals surface area contributed by atoms with Gasteiger partial charge in [-0.2, -0.15) is 5.21 Å². The van der Waals surface area contributed by atoms with E-state index >= 15 is 0 Å². The minimum atomic E-state index is -0.672. The number of ether oxygens (including phenoxy) is 2. The predicted molar refractivity (Wildman–Crippen MR) is 72.1 cm³/mol. The van der Waals surface area contributed by atoms with Crippen LogP contribution >= 0.6 is 11.6 Å². The molecule has 3 rings (SSSR count). The molecule has 6 nitrogen and oxygen atoms in total. The number of halogens is 1. The fraction of sp³-hybridized carbons (Fsp3) is 0.462. The lowest BCUT2D eigenvalue weighted by molar-refractivity contribution is -0.171. The molecule has 0 amide bonds. The van der Waals surface area contributed by atoms with Crippen LogP contribution in [0.2, 0.25) is 5.02 Å². The highest BCUT2D eigenvalue weighted by atomic mass is 35.5. The quantitative estimate of drug-likeness (QED) is 0.914. The topological polar surface area (TPSA) is 72.9 Å². The molecule has 1 N–H and O–H groups in total. The van der Waals surface area contributed by atoms with Gasteiger partial charge in [-0.25, -0.2) is 0 Å². The maximum Gasteiger partial charge on any atom is 0.194 e. The van der Waals surface area contributed by atoms with Crippen molar-refractivity contribution in [3.8, 4) is 0 Å². The van der Waals surface area contributed by atoms with E-state index in [1.807, 2.05) is 24.3 Å². The molecule has 2 aromatic rings. The van der Waals surface area contributed by atoms with Crippen molar-refractivity contribution < 1.29 is 9.47 Å². The summed E-state index contributed by atoms with van der Waals surface area (Å²) < 4.78 is 11.7. The number of aromatic nitrogens is 4. The zero-order valence-corrected chi connectivity index (χ0v) is 11.6. The fourth-order valence-corrected chi connectivity index (χ4v) is 2.51. The SMILES string of the molecule is Clc1ccc(C2(CCCc3nn[nH]n3)OCCO2)cc1. The minimum Gasteiger partial charge on any atom is -0.343 e. The molecule has 0 atom stereocenters. The summed E-state index contributed by atoms with van der Waals surface area (Å²) in [6.07, 6.45) is 2.32. The van der Waals surface area contributed by atoms with Crippen molar-refractivity contribution in [1.82, 2.24) is 20.6 Å². The Morgan fingerprint density at radius 2 is 1.95 bits per heavy atom. The smallest absolute Gasteiger partial charge is 0.194 e. The number of benzene rings is 1. The largest absolute Gasteiger partial charge is 0.343 e. The van der Waals surface area contributed by atoms with Crippen LogP contribution < -0.4 is 0 Å². The van der Waals surface area contributed by atoms with Gasteiger partial charge in [0.05, 0.1) is 13.2 Å². The van der Waals surface area contributed by atoms with E-state index in [0.29, 0.717) is 24.1 Å². The summed E-state index contributed by atoms with van der Waals surface area (Å²) in [6.45, 7) is 1.20. The van der Waals surface area contributed by atoms with Gasteiger partial charge in [0.25, 0.3) is 0 Å². The minimum absolute atomic E-state index is 0.602. The highest BCUT2D eigenvalue weighted by Gasteiger charge is 2.37. The normalized spacial score (nSPS) is 17.4. The maximum atomic E-state index is 5.93. The van der Waals surface area contributed by atoms with Gasteiger partial charge in [-0.15, -0.1) is 10.2 Å². The number of rotatable bonds is 5. The van der Waals surface area contributed by atoms with Crippen LogP contribution in [0.5, 0.6) is 0 Å². The van der Waals surface area contributed by atoms with Crippen LogP contribution in [0.4, 0.5) is 0 Å². The predicted octanol–water partition coefficient (Wildman–Crippen LogP) is 2.08. The molecule has 0 bridgehead atoms. The lowest BCUT2D eigenvalue weighted by atomic mass is 9.99. The Kier molecular flexibility index (Phi) is 3.95. The van der Waals surface area contributed by atoms with Crippen LogP contribution in [0.15, 0.2) is 24.3 Å². The number of hydrogen-bond donors (Lipinski definition) is 1. The summed E-state index contributed by atoms with van der Waals surface area (Å²) in [6, 6.07) is 7.59. The Morgan fingerprint density at radius 3 is 2.60 bits per heavy atom. The molecule has 7 heteroatoms. The molecule has 0 radical (unpaired) electrons. The Hall–Kier alpha value is -1.50. The van der Waals surface area contributed by atoms with Crippen LogP contribution in [-0.4, -0.2) is 33.8 Å². The fourth-order valence-electron chi connectivity index (χ4n) is 2.38. The van der Waals surface area contributed by atoms with Crippen LogP contribution in [0.1, 0.15) is 24.2 Å². The molecule has 0 spiro atoms. The van der Waals surface area contributed by atoms with E-state index in [4.69, 9.17) is 21.1 Å².